The van der Waals surface area contributed by atoms with Crippen molar-refractivity contribution >= 4 is 30.0 Å². The average Bonchev–Trinajstić information content (AvgIpc) is 1.86. The molecule has 0 aliphatic heterocycles. The third-order valence-electron chi connectivity index (χ3n) is 1.13. The highest BCUT2D eigenvalue weighted by Gasteiger charge is 2.00. The Morgan fingerprint density at radius 1 is 1.82 bits per heavy atom. The Kier molecular flexibility index (Phi) is 6.81. The molecule has 1 N–H and O–H groups in total. The zero-order valence-electron chi connectivity index (χ0n) is 6.52. The lowest BCUT2D eigenvalue weighted by Crippen LogP contribution is -2.16. The first-order valence-corrected chi connectivity index (χ1v) is 7.19. The van der Waals surface area contributed by atoms with E-state index in [0.717, 1.165) is 0 Å². The molecule has 2 atom stereocenters. The SMILES string of the molecule is CN(CCO[PH](=O)O)[SH](C)S. The summed E-state index contributed by atoms with van der Waals surface area (Å²) in [4.78, 5) is 8.30. The number of thiol groups is 2. The van der Waals surface area contributed by atoms with Gasteiger partial charge < -0.3 is 9.42 Å². The van der Waals surface area contributed by atoms with Crippen LogP contribution in [-0.2, 0) is 9.09 Å². The van der Waals surface area contributed by atoms with Crippen LogP contribution >= 0.6 is 30.0 Å². The summed E-state index contributed by atoms with van der Waals surface area (Å²) >= 11 is 4.22. The van der Waals surface area contributed by atoms with Crippen molar-refractivity contribution in [3.05, 3.63) is 0 Å². The molecule has 0 aliphatic rings. The summed E-state index contributed by atoms with van der Waals surface area (Å²) in [6.45, 7) is 0.931. The molecule has 0 radical (unpaired) electrons. The van der Waals surface area contributed by atoms with Crippen LogP contribution in [0.5, 0.6) is 0 Å². The minimum Gasteiger partial charge on any atom is -0.326 e. The van der Waals surface area contributed by atoms with Gasteiger partial charge in [-0.05, 0) is 13.3 Å². The Bertz CT molecular complexity index is 135. The summed E-state index contributed by atoms with van der Waals surface area (Å²) < 4.78 is 16.6. The van der Waals surface area contributed by atoms with E-state index in [1.54, 1.807) is 0 Å². The molecule has 0 saturated heterocycles. The standard InChI is InChI=1S/C4H14NO3PS2/c1-5(11(2)10)3-4-8-9(6)7/h9-11H,3-4H2,1-2H3,(H,6,7). The highest BCUT2D eigenvalue weighted by atomic mass is 33.1. The van der Waals surface area contributed by atoms with E-state index in [0.29, 0.717) is 6.54 Å². The van der Waals surface area contributed by atoms with Crippen LogP contribution in [0.2, 0.25) is 0 Å². The van der Waals surface area contributed by atoms with Gasteiger partial charge in [-0.3, -0.25) is 8.87 Å². The van der Waals surface area contributed by atoms with Crippen molar-refractivity contribution in [3.63, 3.8) is 0 Å². The fourth-order valence-corrected chi connectivity index (χ4v) is 1.32. The molecule has 0 amide bonds. The van der Waals surface area contributed by atoms with E-state index in [4.69, 9.17) is 4.89 Å². The number of hydrogen-bond acceptors (Lipinski definition) is 4. The maximum absolute atomic E-state index is 10.1. The third-order valence-corrected chi connectivity index (χ3v) is 3.69. The summed E-state index contributed by atoms with van der Waals surface area (Å²) in [7, 11) is -1.27. The Morgan fingerprint density at radius 3 is 2.73 bits per heavy atom. The van der Waals surface area contributed by atoms with Crippen molar-refractivity contribution in [1.82, 2.24) is 4.31 Å². The molecular weight excluding hydrogens is 205 g/mol. The van der Waals surface area contributed by atoms with Gasteiger partial charge in [0.05, 0.1) is 6.61 Å². The van der Waals surface area contributed by atoms with E-state index in [-0.39, 0.29) is 6.61 Å². The molecule has 7 heteroatoms. The second kappa shape index (κ2) is 6.34. The van der Waals surface area contributed by atoms with Crippen molar-refractivity contribution in [2.24, 2.45) is 0 Å². The van der Waals surface area contributed by atoms with Crippen LogP contribution in [0.3, 0.4) is 0 Å². The van der Waals surface area contributed by atoms with E-state index >= 15 is 0 Å². The van der Waals surface area contributed by atoms with Gasteiger partial charge in [0.1, 0.15) is 0 Å². The molecule has 70 valence electrons. The van der Waals surface area contributed by atoms with Crippen molar-refractivity contribution in [2.45, 2.75) is 0 Å². The zero-order valence-corrected chi connectivity index (χ0v) is 9.31. The molecule has 0 fully saturated rings. The summed E-state index contributed by atoms with van der Waals surface area (Å²) in [5, 5.41) is 0. The molecule has 0 saturated carbocycles. The molecule has 0 aromatic carbocycles. The molecule has 2 unspecified atom stereocenters. The van der Waals surface area contributed by atoms with E-state index in [1.165, 1.54) is 0 Å². The van der Waals surface area contributed by atoms with E-state index in [1.807, 2.05) is 17.6 Å². The van der Waals surface area contributed by atoms with Crippen LogP contribution in [-0.4, -0.2) is 35.7 Å². The lowest BCUT2D eigenvalue weighted by molar-refractivity contribution is 0.267. The molecule has 0 aromatic rings. The van der Waals surface area contributed by atoms with Crippen LogP contribution in [0.15, 0.2) is 0 Å². The summed E-state index contributed by atoms with van der Waals surface area (Å²) in [5.41, 5.74) is 0. The zero-order chi connectivity index (χ0) is 8.85. The second-order valence-corrected chi connectivity index (χ2v) is 6.20. The molecular formula is C4H14NO3PS2. The van der Waals surface area contributed by atoms with Gasteiger partial charge in [0.15, 0.2) is 0 Å². The molecule has 0 aliphatic carbocycles. The van der Waals surface area contributed by atoms with Crippen LogP contribution in [0.25, 0.3) is 0 Å². The maximum Gasteiger partial charge on any atom is 0.316 e. The average molecular weight is 219 g/mol. The first-order valence-electron chi connectivity index (χ1n) is 3.03. The molecule has 0 aromatic heterocycles. The summed E-state index contributed by atoms with van der Waals surface area (Å²) in [6, 6.07) is 0. The van der Waals surface area contributed by atoms with Gasteiger partial charge in [-0.25, -0.2) is 0 Å². The van der Waals surface area contributed by atoms with Gasteiger partial charge in [-0.2, -0.15) is 10.1 Å². The van der Waals surface area contributed by atoms with Crippen molar-refractivity contribution in [3.8, 4) is 0 Å². The van der Waals surface area contributed by atoms with E-state index in [2.05, 4.69) is 16.2 Å². The summed E-state index contributed by atoms with van der Waals surface area (Å²) in [5.74, 6) is 0. The Balaban J connectivity index is 3.31. The number of hydrogen-bond donors (Lipinski definition) is 3. The molecule has 0 heterocycles. The number of rotatable bonds is 5. The van der Waals surface area contributed by atoms with Crippen molar-refractivity contribution < 1.29 is 14.0 Å². The minimum atomic E-state index is -2.75. The van der Waals surface area contributed by atoms with Crippen LogP contribution in [0.4, 0.5) is 0 Å². The molecule has 11 heavy (non-hydrogen) atoms. The fraction of sp³-hybridized carbons (Fsp3) is 1.00. The quantitative estimate of drug-likeness (QED) is 0.362. The minimum absolute atomic E-state index is 0.290. The predicted octanol–water partition coefficient (Wildman–Crippen LogP) is 0.708. The lowest BCUT2D eigenvalue weighted by atomic mass is 10.7. The monoisotopic (exact) mass is 219 g/mol. The first-order chi connectivity index (χ1) is 5.04. The summed E-state index contributed by atoms with van der Waals surface area (Å²) in [6.07, 6.45) is 1.99. The third kappa shape index (κ3) is 7.18. The normalized spacial score (nSPS) is 18.5. The van der Waals surface area contributed by atoms with Gasteiger partial charge in [0.2, 0.25) is 0 Å². The Morgan fingerprint density at radius 2 is 2.36 bits per heavy atom. The van der Waals surface area contributed by atoms with Crippen LogP contribution in [0, 0.1) is 0 Å². The first kappa shape index (κ1) is 11.8. The van der Waals surface area contributed by atoms with Gasteiger partial charge in [-0.15, -0.1) is 11.7 Å². The largest absolute Gasteiger partial charge is 0.326 e. The second-order valence-electron chi connectivity index (χ2n) is 1.99. The van der Waals surface area contributed by atoms with Crippen LogP contribution < -0.4 is 0 Å². The van der Waals surface area contributed by atoms with E-state index in [9.17, 15) is 4.57 Å². The maximum atomic E-state index is 10.1. The Labute approximate surface area is 75.2 Å². The van der Waals surface area contributed by atoms with Crippen molar-refractivity contribution in [2.75, 3.05) is 26.5 Å². The van der Waals surface area contributed by atoms with Gasteiger partial charge in [0.25, 0.3) is 0 Å². The topological polar surface area (TPSA) is 49.8 Å². The fourth-order valence-electron chi connectivity index (χ4n) is 0.410. The van der Waals surface area contributed by atoms with Gasteiger partial charge >= 0.3 is 8.25 Å². The van der Waals surface area contributed by atoms with E-state index < -0.39 is 18.4 Å². The lowest BCUT2D eigenvalue weighted by Gasteiger charge is -2.22. The highest BCUT2D eigenvalue weighted by Crippen LogP contribution is 2.28. The predicted molar refractivity (Wildman–Crippen MR) is 53.7 cm³/mol. The molecule has 0 spiro atoms. The number of likely N-dealkylation sites (N-methyl/N-ethyl adjacent to an activating group) is 1. The highest BCUT2D eigenvalue weighted by molar-refractivity contribution is 8.76. The Hall–Kier alpha value is 0.810. The molecule has 0 rings (SSSR count). The van der Waals surface area contributed by atoms with Crippen molar-refractivity contribution in [1.29, 1.82) is 0 Å². The number of nitrogens with zero attached hydrogens (tertiary/aromatic N) is 1. The molecule has 4 nitrogen and oxygen atoms in total. The van der Waals surface area contributed by atoms with Crippen LogP contribution in [0.1, 0.15) is 0 Å². The van der Waals surface area contributed by atoms with Gasteiger partial charge in [0, 0.05) is 6.54 Å². The molecule has 0 bridgehead atoms. The smallest absolute Gasteiger partial charge is 0.316 e. The van der Waals surface area contributed by atoms with Gasteiger partial charge in [-0.1, -0.05) is 0 Å².